The molecule has 2 aromatic carbocycles. The zero-order chi connectivity index (χ0) is 19.4. The maximum atomic E-state index is 13.4. The summed E-state index contributed by atoms with van der Waals surface area (Å²) in [6.07, 6.45) is 1.30. The summed E-state index contributed by atoms with van der Waals surface area (Å²) < 4.78 is 11.2. The van der Waals surface area contributed by atoms with Crippen molar-refractivity contribution in [2.24, 2.45) is 0 Å². The van der Waals surface area contributed by atoms with Crippen molar-refractivity contribution in [2.45, 2.75) is 39.0 Å². The molecule has 3 rings (SSSR count). The Morgan fingerprint density at radius 2 is 1.74 bits per heavy atom. The van der Waals surface area contributed by atoms with Crippen LogP contribution in [0.4, 0.5) is 5.69 Å². The largest absolute Gasteiger partial charge is 0.493 e. The number of amides is 1. The van der Waals surface area contributed by atoms with Gasteiger partial charge in [-0.1, -0.05) is 23.7 Å². The van der Waals surface area contributed by atoms with E-state index in [2.05, 4.69) is 5.32 Å². The maximum Gasteiger partial charge on any atom is 0.235 e. The highest BCUT2D eigenvalue weighted by Crippen LogP contribution is 2.37. The molecular formula is C22H26ClNO3. The summed E-state index contributed by atoms with van der Waals surface area (Å²) in [7, 11) is 0. The predicted molar refractivity (Wildman–Crippen MR) is 109 cm³/mol. The van der Waals surface area contributed by atoms with Gasteiger partial charge in [-0.15, -0.1) is 0 Å². The number of carbonyl (C=O) groups is 1. The standard InChI is InChI=1S/C22H26ClNO3/c1-4-27-20-15(2)13-19(14-16(20)3)24-21(25)22(9-11-26-12-10-22)17-5-7-18(23)8-6-17/h5-8,13-14H,4,9-12H2,1-3H3,(H,24,25). The van der Waals surface area contributed by atoms with Gasteiger partial charge < -0.3 is 14.8 Å². The Bertz CT molecular complexity index is 788. The Hall–Kier alpha value is -2.04. The summed E-state index contributed by atoms with van der Waals surface area (Å²) in [5.74, 6) is 0.880. The van der Waals surface area contributed by atoms with Crippen LogP contribution in [0, 0.1) is 13.8 Å². The van der Waals surface area contributed by atoms with E-state index in [1.165, 1.54) is 0 Å². The van der Waals surface area contributed by atoms with Crippen LogP contribution in [0.1, 0.15) is 36.5 Å². The molecule has 0 radical (unpaired) electrons. The second-order valence-corrected chi connectivity index (χ2v) is 7.46. The van der Waals surface area contributed by atoms with Crippen LogP contribution in [0.5, 0.6) is 5.75 Å². The van der Waals surface area contributed by atoms with E-state index in [1.807, 2.05) is 57.2 Å². The molecule has 5 heteroatoms. The van der Waals surface area contributed by atoms with Gasteiger partial charge in [0.25, 0.3) is 0 Å². The Kier molecular flexibility index (Phi) is 6.08. The molecule has 1 aliphatic heterocycles. The minimum Gasteiger partial charge on any atom is -0.493 e. The SMILES string of the molecule is CCOc1c(C)cc(NC(=O)C2(c3ccc(Cl)cc3)CCOCC2)cc1C. The number of hydrogen-bond donors (Lipinski definition) is 1. The van der Waals surface area contributed by atoms with E-state index in [9.17, 15) is 4.79 Å². The number of carbonyl (C=O) groups excluding carboxylic acids is 1. The molecule has 0 unspecified atom stereocenters. The number of halogens is 1. The molecule has 0 aliphatic carbocycles. The predicted octanol–water partition coefficient (Wildman–Crippen LogP) is 5.04. The van der Waals surface area contributed by atoms with E-state index in [0.717, 1.165) is 28.1 Å². The molecule has 1 saturated heterocycles. The molecule has 1 heterocycles. The van der Waals surface area contributed by atoms with Gasteiger partial charge in [0.2, 0.25) is 5.91 Å². The highest BCUT2D eigenvalue weighted by Gasteiger charge is 2.41. The number of nitrogens with one attached hydrogen (secondary N) is 1. The van der Waals surface area contributed by atoms with E-state index >= 15 is 0 Å². The van der Waals surface area contributed by atoms with Gasteiger partial charge in [-0.25, -0.2) is 0 Å². The Morgan fingerprint density at radius 3 is 2.30 bits per heavy atom. The fourth-order valence-electron chi connectivity index (χ4n) is 3.78. The van der Waals surface area contributed by atoms with Crippen molar-refractivity contribution in [2.75, 3.05) is 25.1 Å². The number of aryl methyl sites for hydroxylation is 2. The summed E-state index contributed by atoms with van der Waals surface area (Å²) in [6.45, 7) is 7.71. The van der Waals surface area contributed by atoms with Crippen molar-refractivity contribution in [3.63, 3.8) is 0 Å². The van der Waals surface area contributed by atoms with Crippen molar-refractivity contribution in [1.29, 1.82) is 0 Å². The van der Waals surface area contributed by atoms with Crippen LogP contribution in [0.2, 0.25) is 5.02 Å². The number of benzene rings is 2. The van der Waals surface area contributed by atoms with Gasteiger partial charge in [0.1, 0.15) is 5.75 Å². The molecule has 27 heavy (non-hydrogen) atoms. The molecule has 4 nitrogen and oxygen atoms in total. The Morgan fingerprint density at radius 1 is 1.15 bits per heavy atom. The van der Waals surface area contributed by atoms with Gasteiger partial charge in [0.05, 0.1) is 12.0 Å². The quantitative estimate of drug-likeness (QED) is 0.781. The monoisotopic (exact) mass is 387 g/mol. The molecule has 2 aromatic rings. The molecule has 0 atom stereocenters. The minimum atomic E-state index is -0.608. The summed E-state index contributed by atoms with van der Waals surface area (Å²) >= 11 is 6.04. The van der Waals surface area contributed by atoms with E-state index in [4.69, 9.17) is 21.1 Å². The van der Waals surface area contributed by atoms with Gasteiger partial charge in [-0.3, -0.25) is 4.79 Å². The summed E-state index contributed by atoms with van der Waals surface area (Å²) in [6, 6.07) is 11.5. The molecule has 144 valence electrons. The lowest BCUT2D eigenvalue weighted by Gasteiger charge is -2.36. The van der Waals surface area contributed by atoms with Crippen LogP contribution >= 0.6 is 11.6 Å². The third-order valence-electron chi connectivity index (χ3n) is 5.18. The van der Waals surface area contributed by atoms with Crippen molar-refractivity contribution in [3.8, 4) is 5.75 Å². The van der Waals surface area contributed by atoms with E-state index < -0.39 is 5.41 Å². The Labute approximate surface area is 165 Å². The van der Waals surface area contributed by atoms with Crippen molar-refractivity contribution >= 4 is 23.2 Å². The summed E-state index contributed by atoms with van der Waals surface area (Å²) in [5.41, 5.74) is 3.19. The first-order valence-corrected chi connectivity index (χ1v) is 9.73. The molecule has 1 N–H and O–H groups in total. The van der Waals surface area contributed by atoms with Crippen LogP contribution < -0.4 is 10.1 Å². The van der Waals surface area contributed by atoms with Crippen LogP contribution in [-0.2, 0) is 14.9 Å². The first kappa shape index (κ1) is 19.7. The lowest BCUT2D eigenvalue weighted by molar-refractivity contribution is -0.125. The topological polar surface area (TPSA) is 47.6 Å². The second-order valence-electron chi connectivity index (χ2n) is 7.03. The molecule has 0 bridgehead atoms. The first-order chi connectivity index (χ1) is 13.0. The minimum absolute atomic E-state index is 0.00363. The normalized spacial score (nSPS) is 16.0. The van der Waals surface area contributed by atoms with Crippen molar-refractivity contribution in [1.82, 2.24) is 0 Å². The average molecular weight is 388 g/mol. The Balaban J connectivity index is 1.90. The van der Waals surface area contributed by atoms with E-state index in [0.29, 0.717) is 37.7 Å². The lowest BCUT2D eigenvalue weighted by Crippen LogP contribution is -2.44. The molecule has 1 amide bonds. The van der Waals surface area contributed by atoms with Gasteiger partial charge in [-0.2, -0.15) is 0 Å². The fraction of sp³-hybridized carbons (Fsp3) is 0.409. The second kappa shape index (κ2) is 8.32. The van der Waals surface area contributed by atoms with Gasteiger partial charge in [-0.05, 0) is 74.6 Å². The molecular weight excluding hydrogens is 362 g/mol. The smallest absolute Gasteiger partial charge is 0.235 e. The highest BCUT2D eigenvalue weighted by atomic mass is 35.5. The number of rotatable bonds is 5. The van der Waals surface area contributed by atoms with Gasteiger partial charge in [0.15, 0.2) is 0 Å². The van der Waals surface area contributed by atoms with Gasteiger partial charge in [0, 0.05) is 23.9 Å². The van der Waals surface area contributed by atoms with Crippen LogP contribution in [0.15, 0.2) is 36.4 Å². The zero-order valence-electron chi connectivity index (χ0n) is 16.1. The maximum absolute atomic E-state index is 13.4. The van der Waals surface area contributed by atoms with E-state index in [-0.39, 0.29) is 5.91 Å². The molecule has 1 fully saturated rings. The fourth-order valence-corrected chi connectivity index (χ4v) is 3.91. The molecule has 0 aromatic heterocycles. The van der Waals surface area contributed by atoms with Crippen molar-refractivity contribution < 1.29 is 14.3 Å². The third-order valence-corrected chi connectivity index (χ3v) is 5.44. The van der Waals surface area contributed by atoms with Crippen LogP contribution in [0.25, 0.3) is 0 Å². The van der Waals surface area contributed by atoms with E-state index in [1.54, 1.807) is 0 Å². The third kappa shape index (κ3) is 4.12. The van der Waals surface area contributed by atoms with Crippen LogP contribution in [-0.4, -0.2) is 25.7 Å². The molecule has 0 spiro atoms. The lowest BCUT2D eigenvalue weighted by atomic mass is 9.73. The van der Waals surface area contributed by atoms with Crippen LogP contribution in [0.3, 0.4) is 0 Å². The number of ether oxygens (including phenoxy) is 2. The van der Waals surface area contributed by atoms with Crippen molar-refractivity contribution in [3.05, 3.63) is 58.1 Å². The van der Waals surface area contributed by atoms with Gasteiger partial charge >= 0.3 is 0 Å². The molecule has 0 saturated carbocycles. The first-order valence-electron chi connectivity index (χ1n) is 9.35. The average Bonchev–Trinajstić information content (AvgIpc) is 2.66. The molecule has 1 aliphatic rings. The summed E-state index contributed by atoms with van der Waals surface area (Å²) in [4.78, 5) is 13.4. The zero-order valence-corrected chi connectivity index (χ0v) is 16.9. The highest BCUT2D eigenvalue weighted by molar-refractivity contribution is 6.30. The summed E-state index contributed by atoms with van der Waals surface area (Å²) in [5, 5.41) is 3.80. The number of anilines is 1. The number of hydrogen-bond acceptors (Lipinski definition) is 3.